The summed E-state index contributed by atoms with van der Waals surface area (Å²) in [4.78, 5) is 21.0. The van der Waals surface area contributed by atoms with Crippen molar-refractivity contribution in [2.24, 2.45) is 11.8 Å². The molecule has 2 aliphatic carbocycles. The third-order valence-corrected chi connectivity index (χ3v) is 9.38. The van der Waals surface area contributed by atoms with Crippen molar-refractivity contribution in [2.45, 2.75) is 27.9 Å². The Balaban J connectivity index is 2.11. The average molecular weight is 492 g/mol. The van der Waals surface area contributed by atoms with Gasteiger partial charge in [0.2, 0.25) is 5.91 Å². The highest BCUT2D eigenvalue weighted by Crippen LogP contribution is 2.76. The molecule has 3 rings (SSSR count). The standard InChI is InChI=1S/C17H13Cl6NO3/c1-6-3-4-8(7(2)5-6)24-13(25)9-10(14(26)27)16(21)12(19)11(18)15(9,20)17(16,22)23/h3-5,9-10H,1-2H3,(H,24,25)(H,26,27)/t9-,10+,15-,16-/m1/s1. The number of hydrogen-bond acceptors (Lipinski definition) is 2. The molecule has 0 aliphatic heterocycles. The number of alkyl halides is 4. The Morgan fingerprint density at radius 2 is 1.52 bits per heavy atom. The fourth-order valence-corrected chi connectivity index (χ4v) is 6.73. The van der Waals surface area contributed by atoms with Gasteiger partial charge in [-0.3, -0.25) is 9.59 Å². The lowest BCUT2D eigenvalue weighted by Crippen LogP contribution is -2.47. The predicted molar refractivity (Wildman–Crippen MR) is 109 cm³/mol. The summed E-state index contributed by atoms with van der Waals surface area (Å²) in [6, 6.07) is 5.36. The molecule has 2 bridgehead atoms. The number of anilines is 1. The maximum atomic E-state index is 13.1. The van der Waals surface area contributed by atoms with Crippen LogP contribution in [-0.4, -0.2) is 31.1 Å². The lowest BCUT2D eigenvalue weighted by Gasteiger charge is -2.33. The topological polar surface area (TPSA) is 66.4 Å². The van der Waals surface area contributed by atoms with E-state index in [0.29, 0.717) is 5.69 Å². The molecule has 1 aromatic carbocycles. The van der Waals surface area contributed by atoms with Gasteiger partial charge in [-0.2, -0.15) is 0 Å². The molecule has 0 heterocycles. The van der Waals surface area contributed by atoms with Gasteiger partial charge in [-0.05, 0) is 25.5 Å². The molecule has 4 nitrogen and oxygen atoms in total. The van der Waals surface area contributed by atoms with Crippen LogP contribution in [-0.2, 0) is 9.59 Å². The van der Waals surface area contributed by atoms with Gasteiger partial charge in [-0.25, -0.2) is 0 Å². The Morgan fingerprint density at radius 1 is 1.00 bits per heavy atom. The van der Waals surface area contributed by atoms with E-state index < -0.39 is 37.8 Å². The van der Waals surface area contributed by atoms with Crippen molar-refractivity contribution in [1.29, 1.82) is 0 Å². The summed E-state index contributed by atoms with van der Waals surface area (Å²) in [5.41, 5.74) is 2.27. The zero-order valence-electron chi connectivity index (χ0n) is 13.9. The summed E-state index contributed by atoms with van der Waals surface area (Å²) < 4.78 is -2.12. The number of amides is 1. The maximum absolute atomic E-state index is 13.1. The van der Waals surface area contributed by atoms with Crippen LogP contribution < -0.4 is 5.32 Å². The first-order chi connectivity index (χ1) is 12.3. The van der Waals surface area contributed by atoms with Crippen LogP contribution >= 0.6 is 69.6 Å². The third-order valence-electron chi connectivity index (χ3n) is 5.12. The van der Waals surface area contributed by atoms with Crippen LogP contribution in [0.15, 0.2) is 28.3 Å². The molecular weight excluding hydrogens is 479 g/mol. The van der Waals surface area contributed by atoms with Crippen molar-refractivity contribution in [1.82, 2.24) is 0 Å². The first kappa shape index (κ1) is 21.4. The molecule has 0 saturated heterocycles. The fourth-order valence-electron chi connectivity index (χ4n) is 3.79. The van der Waals surface area contributed by atoms with Gasteiger partial charge in [0.25, 0.3) is 0 Å². The van der Waals surface area contributed by atoms with Gasteiger partial charge in [0.15, 0.2) is 4.33 Å². The number of allylic oxidation sites excluding steroid dienone is 2. The van der Waals surface area contributed by atoms with Crippen molar-refractivity contribution < 1.29 is 14.7 Å². The summed E-state index contributed by atoms with van der Waals surface area (Å²) >= 11 is 38.3. The number of rotatable bonds is 3. The van der Waals surface area contributed by atoms with Crippen LogP contribution in [0.4, 0.5) is 5.69 Å². The van der Waals surface area contributed by atoms with Crippen LogP contribution in [0.2, 0.25) is 0 Å². The van der Waals surface area contributed by atoms with E-state index in [2.05, 4.69) is 5.32 Å². The third kappa shape index (κ3) is 2.57. The summed E-state index contributed by atoms with van der Waals surface area (Å²) in [7, 11) is 0. The van der Waals surface area contributed by atoms with Gasteiger partial charge in [0.1, 0.15) is 9.75 Å². The molecule has 0 aromatic heterocycles. The number of halogens is 6. The monoisotopic (exact) mass is 489 g/mol. The molecule has 0 unspecified atom stereocenters. The lowest BCUT2D eigenvalue weighted by atomic mass is 9.81. The van der Waals surface area contributed by atoms with Gasteiger partial charge in [-0.1, -0.05) is 64.1 Å². The number of benzene rings is 1. The number of aryl methyl sites for hydroxylation is 2. The summed E-state index contributed by atoms with van der Waals surface area (Å²) in [5, 5.41) is 11.9. The zero-order chi connectivity index (χ0) is 20.5. The number of carbonyl (C=O) groups is 2. The molecule has 1 amide bonds. The van der Waals surface area contributed by atoms with E-state index in [0.717, 1.165) is 11.1 Å². The molecular formula is C17H13Cl6NO3. The van der Waals surface area contributed by atoms with E-state index in [4.69, 9.17) is 69.6 Å². The van der Waals surface area contributed by atoms with Crippen molar-refractivity contribution in [3.63, 3.8) is 0 Å². The molecule has 1 aromatic rings. The summed E-state index contributed by atoms with van der Waals surface area (Å²) in [5.74, 6) is -5.19. The quantitative estimate of drug-likeness (QED) is 0.556. The summed E-state index contributed by atoms with van der Waals surface area (Å²) in [6.45, 7) is 3.71. The van der Waals surface area contributed by atoms with Crippen molar-refractivity contribution >= 4 is 87.2 Å². The van der Waals surface area contributed by atoms with Crippen molar-refractivity contribution in [2.75, 3.05) is 5.32 Å². The Labute approximate surface area is 185 Å². The van der Waals surface area contributed by atoms with Gasteiger partial charge in [-0.15, -0.1) is 23.2 Å². The number of fused-ring (bicyclic) bond motifs is 2. The Kier molecular flexibility index (Phi) is 5.20. The SMILES string of the molecule is Cc1ccc(NC(=O)[C@H]2[C@@H](C(=O)O)[C@@]3(Cl)C(Cl)=C(Cl)[C@@]2(Cl)C3(Cl)Cl)c(C)c1. The van der Waals surface area contributed by atoms with Crippen molar-refractivity contribution in [3.8, 4) is 0 Å². The second-order valence-corrected chi connectivity index (χ2v) is 10.0. The number of nitrogens with one attached hydrogen (secondary N) is 1. The van der Waals surface area contributed by atoms with E-state index in [1.165, 1.54) is 0 Å². The minimum atomic E-state index is -2.12. The number of carboxylic acids is 1. The van der Waals surface area contributed by atoms with Crippen molar-refractivity contribution in [3.05, 3.63) is 39.4 Å². The van der Waals surface area contributed by atoms with E-state index in [9.17, 15) is 14.7 Å². The molecule has 2 N–H and O–H groups in total. The second kappa shape index (κ2) is 6.58. The molecule has 0 spiro atoms. The lowest BCUT2D eigenvalue weighted by molar-refractivity contribution is -0.146. The molecule has 146 valence electrons. The van der Waals surface area contributed by atoms with E-state index in [1.807, 2.05) is 13.0 Å². The van der Waals surface area contributed by atoms with Crippen LogP contribution in [0.5, 0.6) is 0 Å². The average Bonchev–Trinajstić information content (AvgIpc) is 2.77. The number of carboxylic acid groups (broad SMARTS) is 1. The van der Waals surface area contributed by atoms with Crippen LogP contribution in [0.3, 0.4) is 0 Å². The van der Waals surface area contributed by atoms with E-state index in [1.54, 1.807) is 19.1 Å². The molecule has 4 atom stereocenters. The number of aliphatic carboxylic acids is 1. The highest BCUT2D eigenvalue weighted by Gasteiger charge is 2.85. The molecule has 10 heteroatoms. The first-order valence-electron chi connectivity index (χ1n) is 7.74. The number of carbonyl (C=O) groups excluding carboxylic acids is 1. The molecule has 2 aliphatic rings. The number of hydrogen-bond donors (Lipinski definition) is 2. The van der Waals surface area contributed by atoms with Gasteiger partial charge in [0, 0.05) is 5.69 Å². The zero-order valence-corrected chi connectivity index (χ0v) is 18.5. The van der Waals surface area contributed by atoms with Crippen LogP contribution in [0.25, 0.3) is 0 Å². The molecule has 27 heavy (non-hydrogen) atoms. The van der Waals surface area contributed by atoms with Gasteiger partial charge in [0.05, 0.1) is 21.9 Å². The van der Waals surface area contributed by atoms with Crippen LogP contribution in [0, 0.1) is 25.7 Å². The van der Waals surface area contributed by atoms with Gasteiger partial charge >= 0.3 is 5.97 Å². The van der Waals surface area contributed by atoms with Gasteiger partial charge < -0.3 is 10.4 Å². The van der Waals surface area contributed by atoms with E-state index in [-0.39, 0.29) is 10.1 Å². The second-order valence-electron chi connectivity index (χ2n) is 6.73. The minimum absolute atomic E-state index is 0.232. The Bertz CT molecular complexity index is 901. The molecule has 0 radical (unpaired) electrons. The Hall–Kier alpha value is -0.360. The minimum Gasteiger partial charge on any atom is -0.481 e. The first-order valence-corrected chi connectivity index (χ1v) is 10.0. The maximum Gasteiger partial charge on any atom is 0.309 e. The van der Waals surface area contributed by atoms with Crippen LogP contribution in [0.1, 0.15) is 11.1 Å². The highest BCUT2D eigenvalue weighted by molar-refractivity contribution is 6.66. The normalized spacial score (nSPS) is 34.1. The fraction of sp³-hybridized carbons (Fsp3) is 0.412. The highest BCUT2D eigenvalue weighted by atomic mass is 35.5. The molecule has 1 fully saturated rings. The smallest absolute Gasteiger partial charge is 0.309 e. The summed E-state index contributed by atoms with van der Waals surface area (Å²) in [6.07, 6.45) is 0. The Morgan fingerprint density at radius 3 is 2.00 bits per heavy atom. The molecule has 1 saturated carbocycles. The van der Waals surface area contributed by atoms with E-state index >= 15 is 0 Å². The largest absolute Gasteiger partial charge is 0.481 e. The predicted octanol–water partition coefficient (Wildman–Crippen LogP) is 5.40.